The SMILES string of the molecule is CC(CN(C)S(=O)(=O)c1cc(Cl)ccc1Br)C(=O)O. The van der Waals surface area contributed by atoms with Crippen molar-refractivity contribution >= 4 is 43.5 Å². The van der Waals surface area contributed by atoms with Crippen molar-refractivity contribution in [2.24, 2.45) is 5.92 Å². The van der Waals surface area contributed by atoms with Crippen LogP contribution >= 0.6 is 27.5 Å². The number of carbonyl (C=O) groups is 1. The highest BCUT2D eigenvalue weighted by molar-refractivity contribution is 9.10. The van der Waals surface area contributed by atoms with Gasteiger partial charge in [0.2, 0.25) is 10.0 Å². The number of hydrogen-bond donors (Lipinski definition) is 1. The lowest BCUT2D eigenvalue weighted by molar-refractivity contribution is -0.141. The largest absolute Gasteiger partial charge is 0.481 e. The molecule has 19 heavy (non-hydrogen) atoms. The Labute approximate surface area is 125 Å². The van der Waals surface area contributed by atoms with Gasteiger partial charge in [-0.15, -0.1) is 0 Å². The smallest absolute Gasteiger partial charge is 0.307 e. The number of carboxylic acids is 1. The number of benzene rings is 1. The van der Waals surface area contributed by atoms with Crippen molar-refractivity contribution in [3.8, 4) is 0 Å². The number of nitrogens with zero attached hydrogens (tertiary/aromatic N) is 1. The van der Waals surface area contributed by atoms with Gasteiger partial charge in [-0.2, -0.15) is 0 Å². The molecule has 1 aromatic carbocycles. The Balaban J connectivity index is 3.10. The third-order valence-corrected chi connectivity index (χ3v) is 5.59. The minimum absolute atomic E-state index is 0.0140. The first-order chi connectivity index (χ1) is 8.66. The molecule has 0 aliphatic carbocycles. The van der Waals surface area contributed by atoms with Crippen LogP contribution < -0.4 is 0 Å². The molecule has 1 N–H and O–H groups in total. The van der Waals surface area contributed by atoms with Crippen LogP contribution in [0.3, 0.4) is 0 Å². The molecule has 0 saturated heterocycles. The monoisotopic (exact) mass is 369 g/mol. The summed E-state index contributed by atoms with van der Waals surface area (Å²) in [5, 5.41) is 9.11. The summed E-state index contributed by atoms with van der Waals surface area (Å²) >= 11 is 8.93. The fraction of sp³-hybridized carbons (Fsp3) is 0.364. The van der Waals surface area contributed by atoms with E-state index in [9.17, 15) is 13.2 Å². The van der Waals surface area contributed by atoms with Crippen molar-refractivity contribution < 1.29 is 18.3 Å². The van der Waals surface area contributed by atoms with E-state index in [2.05, 4.69) is 15.9 Å². The fourth-order valence-electron chi connectivity index (χ4n) is 1.40. The third kappa shape index (κ3) is 3.92. The van der Waals surface area contributed by atoms with E-state index in [0.717, 1.165) is 4.31 Å². The molecule has 0 aliphatic heterocycles. The number of aliphatic carboxylic acids is 1. The molecule has 0 aromatic heterocycles. The first-order valence-corrected chi connectivity index (χ1v) is 7.91. The van der Waals surface area contributed by atoms with Crippen LogP contribution in [0.15, 0.2) is 27.6 Å². The van der Waals surface area contributed by atoms with Crippen LogP contribution in [0.4, 0.5) is 0 Å². The molecular formula is C11H13BrClNO4S. The number of carboxylic acid groups (broad SMARTS) is 1. The van der Waals surface area contributed by atoms with Crippen molar-refractivity contribution in [1.82, 2.24) is 4.31 Å². The maximum Gasteiger partial charge on any atom is 0.307 e. The molecule has 1 unspecified atom stereocenters. The van der Waals surface area contributed by atoms with Gasteiger partial charge in [0, 0.05) is 23.1 Å². The quantitative estimate of drug-likeness (QED) is 0.864. The van der Waals surface area contributed by atoms with Gasteiger partial charge in [-0.1, -0.05) is 18.5 Å². The van der Waals surface area contributed by atoms with Crippen molar-refractivity contribution in [2.75, 3.05) is 13.6 Å². The molecule has 0 bridgehead atoms. The van der Waals surface area contributed by atoms with Gasteiger partial charge in [-0.3, -0.25) is 4.79 Å². The lowest BCUT2D eigenvalue weighted by Gasteiger charge is -2.20. The van der Waals surface area contributed by atoms with Gasteiger partial charge < -0.3 is 5.11 Å². The second-order valence-corrected chi connectivity index (χ2v) is 7.40. The Hall–Kier alpha value is -0.630. The average molecular weight is 371 g/mol. The summed E-state index contributed by atoms with van der Waals surface area (Å²) < 4.78 is 26.0. The molecule has 0 spiro atoms. The minimum atomic E-state index is -3.78. The maximum atomic E-state index is 12.3. The summed E-state index contributed by atoms with van der Waals surface area (Å²) in [5.41, 5.74) is 0. The predicted molar refractivity (Wildman–Crippen MR) is 75.8 cm³/mol. The van der Waals surface area contributed by atoms with E-state index in [0.29, 0.717) is 9.50 Å². The van der Waals surface area contributed by atoms with Crippen LogP contribution in [-0.2, 0) is 14.8 Å². The molecule has 8 heteroatoms. The molecular weight excluding hydrogens is 358 g/mol. The molecule has 0 amide bonds. The zero-order valence-corrected chi connectivity index (χ0v) is 13.5. The third-order valence-electron chi connectivity index (χ3n) is 2.53. The van der Waals surface area contributed by atoms with E-state index in [4.69, 9.17) is 16.7 Å². The normalized spacial score (nSPS) is 13.5. The molecule has 0 fully saturated rings. The topological polar surface area (TPSA) is 74.7 Å². The molecule has 0 radical (unpaired) electrons. The van der Waals surface area contributed by atoms with Gasteiger partial charge in [0.15, 0.2) is 0 Å². The number of halogens is 2. The van der Waals surface area contributed by atoms with E-state index in [1.165, 1.54) is 26.1 Å². The van der Waals surface area contributed by atoms with E-state index in [-0.39, 0.29) is 11.4 Å². The first-order valence-electron chi connectivity index (χ1n) is 5.30. The molecule has 5 nitrogen and oxygen atoms in total. The van der Waals surface area contributed by atoms with E-state index in [1.54, 1.807) is 6.07 Å². The second-order valence-electron chi connectivity index (χ2n) is 4.10. The van der Waals surface area contributed by atoms with Crippen LogP contribution in [0.25, 0.3) is 0 Å². The van der Waals surface area contributed by atoms with Crippen LogP contribution in [0, 0.1) is 5.92 Å². The van der Waals surface area contributed by atoms with Crippen molar-refractivity contribution in [2.45, 2.75) is 11.8 Å². The number of hydrogen-bond acceptors (Lipinski definition) is 3. The fourth-order valence-corrected chi connectivity index (χ4v) is 3.85. The van der Waals surface area contributed by atoms with Crippen molar-refractivity contribution in [3.05, 3.63) is 27.7 Å². The lowest BCUT2D eigenvalue weighted by Crippen LogP contribution is -2.33. The second kappa shape index (κ2) is 6.21. The molecule has 1 atom stereocenters. The summed E-state index contributed by atoms with van der Waals surface area (Å²) in [6.07, 6.45) is 0. The van der Waals surface area contributed by atoms with Crippen molar-refractivity contribution in [3.63, 3.8) is 0 Å². The highest BCUT2D eigenvalue weighted by Gasteiger charge is 2.26. The zero-order chi connectivity index (χ0) is 14.8. The van der Waals surface area contributed by atoms with Crippen molar-refractivity contribution in [1.29, 1.82) is 0 Å². The highest BCUT2D eigenvalue weighted by Crippen LogP contribution is 2.27. The van der Waals surface area contributed by atoms with Crippen LogP contribution in [0.2, 0.25) is 5.02 Å². The van der Waals surface area contributed by atoms with Crippen LogP contribution in [0.1, 0.15) is 6.92 Å². The molecule has 0 heterocycles. The minimum Gasteiger partial charge on any atom is -0.481 e. The average Bonchev–Trinajstić information content (AvgIpc) is 2.31. The summed E-state index contributed by atoms with van der Waals surface area (Å²) in [5.74, 6) is -1.84. The predicted octanol–water partition coefficient (Wildman–Crippen LogP) is 2.44. The maximum absolute atomic E-state index is 12.3. The van der Waals surface area contributed by atoms with Gasteiger partial charge in [0.25, 0.3) is 0 Å². The molecule has 0 saturated carbocycles. The Kier molecular flexibility index (Phi) is 5.37. The molecule has 0 aliphatic rings. The van der Waals surface area contributed by atoms with Crippen LogP contribution in [-0.4, -0.2) is 37.4 Å². The standard InChI is InChI=1S/C11H13BrClNO4S/c1-7(11(15)16)6-14(2)19(17,18)10-5-8(13)3-4-9(10)12/h3-5,7H,6H2,1-2H3,(H,15,16). The highest BCUT2D eigenvalue weighted by atomic mass is 79.9. The van der Waals surface area contributed by atoms with Gasteiger partial charge in [-0.05, 0) is 34.1 Å². The zero-order valence-electron chi connectivity index (χ0n) is 10.3. The van der Waals surface area contributed by atoms with Gasteiger partial charge in [0.1, 0.15) is 0 Å². The van der Waals surface area contributed by atoms with E-state index < -0.39 is 21.9 Å². The van der Waals surface area contributed by atoms with Gasteiger partial charge in [0.05, 0.1) is 10.8 Å². The van der Waals surface area contributed by atoms with Crippen LogP contribution in [0.5, 0.6) is 0 Å². The van der Waals surface area contributed by atoms with E-state index in [1.807, 2.05) is 0 Å². The Morgan fingerprint density at radius 1 is 1.53 bits per heavy atom. The Morgan fingerprint density at radius 3 is 2.63 bits per heavy atom. The Bertz CT molecular complexity index is 590. The summed E-state index contributed by atoms with van der Waals surface area (Å²) in [4.78, 5) is 10.8. The molecule has 1 aromatic rings. The summed E-state index contributed by atoms with van der Waals surface area (Å²) in [7, 11) is -2.45. The Morgan fingerprint density at radius 2 is 2.11 bits per heavy atom. The van der Waals surface area contributed by atoms with Gasteiger partial charge >= 0.3 is 5.97 Å². The summed E-state index contributed by atoms with van der Waals surface area (Å²) in [6, 6.07) is 4.41. The van der Waals surface area contributed by atoms with Gasteiger partial charge in [-0.25, -0.2) is 12.7 Å². The number of sulfonamides is 1. The number of rotatable bonds is 5. The summed E-state index contributed by atoms with van der Waals surface area (Å²) in [6.45, 7) is 1.33. The lowest BCUT2D eigenvalue weighted by atomic mass is 10.2. The molecule has 1 rings (SSSR count). The molecule has 106 valence electrons. The van der Waals surface area contributed by atoms with E-state index >= 15 is 0 Å². The first kappa shape index (κ1) is 16.4.